The average Bonchev–Trinajstić information content (AvgIpc) is 3.20. The van der Waals surface area contributed by atoms with Crippen LogP contribution in [-0.2, 0) is 4.79 Å². The molecule has 0 radical (unpaired) electrons. The predicted molar refractivity (Wildman–Crippen MR) is 84.1 cm³/mol. The van der Waals surface area contributed by atoms with Crippen molar-refractivity contribution >= 4 is 17.8 Å². The number of amides is 4. The number of hydrogen-bond donors (Lipinski definition) is 1. The fourth-order valence-electron chi connectivity index (χ4n) is 3.09. The Balaban J connectivity index is 1.73. The van der Waals surface area contributed by atoms with E-state index in [0.29, 0.717) is 36.6 Å². The normalized spacial score (nSPS) is 20.3. The molecule has 0 bridgehead atoms. The van der Waals surface area contributed by atoms with Crippen LogP contribution in [0.5, 0.6) is 11.5 Å². The molecule has 1 N–H and O–H groups in total. The first-order valence-corrected chi connectivity index (χ1v) is 7.66. The number of likely N-dealkylation sites (tertiary alicyclic amines) is 1. The summed E-state index contributed by atoms with van der Waals surface area (Å²) in [5.74, 6) is 0.622. The highest BCUT2D eigenvalue weighted by molar-refractivity contribution is 6.02. The van der Waals surface area contributed by atoms with Gasteiger partial charge in [0.15, 0.2) is 11.5 Å². The molecule has 1 atom stereocenters. The zero-order chi connectivity index (χ0) is 17.3. The van der Waals surface area contributed by atoms with Crippen LogP contribution < -0.4 is 14.8 Å². The Morgan fingerprint density at radius 2 is 1.96 bits per heavy atom. The van der Waals surface area contributed by atoms with Crippen molar-refractivity contribution in [3.63, 3.8) is 0 Å². The molecule has 3 rings (SSSR count). The fourth-order valence-corrected chi connectivity index (χ4v) is 3.09. The lowest BCUT2D eigenvalue weighted by Gasteiger charge is -2.21. The fraction of sp³-hybridized carbons (Fsp3) is 0.438. The minimum atomic E-state index is -0.384. The van der Waals surface area contributed by atoms with E-state index in [1.807, 2.05) is 0 Å². The van der Waals surface area contributed by atoms with Crippen molar-refractivity contribution in [2.45, 2.75) is 12.5 Å². The topological polar surface area (TPSA) is 88.2 Å². The molecule has 4 amide bonds. The number of ether oxygens (including phenoxy) is 2. The van der Waals surface area contributed by atoms with Crippen LogP contribution in [0, 0.1) is 0 Å². The molecule has 0 spiro atoms. The number of nitrogens with one attached hydrogen (secondary N) is 1. The first-order valence-electron chi connectivity index (χ1n) is 7.66. The number of urea groups is 1. The van der Waals surface area contributed by atoms with E-state index in [9.17, 15) is 14.4 Å². The predicted octanol–water partition coefficient (Wildman–Crippen LogP) is 0.470. The summed E-state index contributed by atoms with van der Waals surface area (Å²) in [6, 6.07) is 4.32. The summed E-state index contributed by atoms with van der Waals surface area (Å²) in [4.78, 5) is 39.0. The number of hydrogen-bond acceptors (Lipinski definition) is 5. The zero-order valence-electron chi connectivity index (χ0n) is 13.6. The van der Waals surface area contributed by atoms with Gasteiger partial charge in [-0.2, -0.15) is 0 Å². The average molecular weight is 333 g/mol. The molecule has 1 aromatic carbocycles. The quantitative estimate of drug-likeness (QED) is 0.809. The van der Waals surface area contributed by atoms with E-state index in [0.717, 1.165) is 0 Å². The van der Waals surface area contributed by atoms with Gasteiger partial charge in [0.1, 0.15) is 0 Å². The summed E-state index contributed by atoms with van der Waals surface area (Å²) < 4.78 is 10.4. The summed E-state index contributed by atoms with van der Waals surface area (Å²) in [5, 5.41) is 2.50. The SMILES string of the molecule is COc1ccc(C(=O)N2CCC(N3C(=O)CNC3=O)C2)cc1OC. The summed E-state index contributed by atoms with van der Waals surface area (Å²) in [7, 11) is 3.04. The maximum absolute atomic E-state index is 12.7. The number of carbonyl (C=O) groups excluding carboxylic acids is 3. The van der Waals surface area contributed by atoms with E-state index in [2.05, 4.69) is 5.32 Å². The molecule has 1 aromatic rings. The lowest BCUT2D eigenvalue weighted by atomic mass is 10.1. The van der Waals surface area contributed by atoms with E-state index in [1.54, 1.807) is 23.1 Å². The second-order valence-corrected chi connectivity index (χ2v) is 5.69. The van der Waals surface area contributed by atoms with Gasteiger partial charge in [0.2, 0.25) is 5.91 Å². The molecule has 2 aliphatic rings. The largest absolute Gasteiger partial charge is 0.493 e. The van der Waals surface area contributed by atoms with E-state index in [4.69, 9.17) is 9.47 Å². The van der Waals surface area contributed by atoms with Crippen molar-refractivity contribution in [3.05, 3.63) is 23.8 Å². The molecule has 24 heavy (non-hydrogen) atoms. The van der Waals surface area contributed by atoms with Crippen molar-refractivity contribution in [1.82, 2.24) is 15.1 Å². The van der Waals surface area contributed by atoms with Crippen molar-refractivity contribution in [1.29, 1.82) is 0 Å². The number of nitrogens with zero attached hydrogens (tertiary/aromatic N) is 2. The van der Waals surface area contributed by atoms with Gasteiger partial charge in [-0.15, -0.1) is 0 Å². The number of rotatable bonds is 4. The molecule has 1 unspecified atom stereocenters. The standard InChI is InChI=1S/C16H19N3O5/c1-23-12-4-3-10(7-13(12)24-2)15(21)18-6-5-11(9-18)19-14(20)8-17-16(19)22/h3-4,7,11H,5-6,8-9H2,1-2H3,(H,17,22). The lowest BCUT2D eigenvalue weighted by molar-refractivity contribution is -0.126. The Morgan fingerprint density at radius 3 is 2.58 bits per heavy atom. The molecule has 2 heterocycles. The second kappa shape index (κ2) is 6.38. The molecule has 0 aliphatic carbocycles. The van der Waals surface area contributed by atoms with Crippen molar-refractivity contribution in [2.75, 3.05) is 33.9 Å². The van der Waals surface area contributed by atoms with Crippen LogP contribution in [0.25, 0.3) is 0 Å². The Bertz CT molecular complexity index is 674. The van der Waals surface area contributed by atoms with Gasteiger partial charge in [-0.1, -0.05) is 0 Å². The van der Waals surface area contributed by atoms with Gasteiger partial charge in [0.05, 0.1) is 26.8 Å². The van der Waals surface area contributed by atoms with Gasteiger partial charge in [-0.25, -0.2) is 4.79 Å². The number of methoxy groups -OCH3 is 2. The smallest absolute Gasteiger partial charge is 0.324 e. The molecule has 8 heteroatoms. The summed E-state index contributed by atoms with van der Waals surface area (Å²) in [6.45, 7) is 0.861. The summed E-state index contributed by atoms with van der Waals surface area (Å²) in [5.41, 5.74) is 0.477. The molecule has 2 saturated heterocycles. The third kappa shape index (κ3) is 2.75. The van der Waals surface area contributed by atoms with Gasteiger partial charge in [0.25, 0.3) is 5.91 Å². The third-order valence-electron chi connectivity index (χ3n) is 4.32. The number of benzene rings is 1. The third-order valence-corrected chi connectivity index (χ3v) is 4.32. The summed E-state index contributed by atoms with van der Waals surface area (Å²) in [6.07, 6.45) is 0.582. The highest BCUT2D eigenvalue weighted by Crippen LogP contribution is 2.29. The van der Waals surface area contributed by atoms with E-state index in [-0.39, 0.29) is 30.4 Å². The monoisotopic (exact) mass is 333 g/mol. The van der Waals surface area contributed by atoms with E-state index in [1.165, 1.54) is 19.1 Å². The first kappa shape index (κ1) is 16.1. The summed E-state index contributed by atoms with van der Waals surface area (Å²) >= 11 is 0. The van der Waals surface area contributed by atoms with Crippen LogP contribution in [0.4, 0.5) is 4.79 Å². The molecule has 128 valence electrons. The maximum atomic E-state index is 12.7. The first-order chi connectivity index (χ1) is 11.5. The van der Waals surface area contributed by atoms with Gasteiger partial charge >= 0.3 is 6.03 Å². The van der Waals surface area contributed by atoms with Crippen molar-refractivity contribution < 1.29 is 23.9 Å². The van der Waals surface area contributed by atoms with Crippen LogP contribution in [0.2, 0.25) is 0 Å². The highest BCUT2D eigenvalue weighted by Gasteiger charge is 2.39. The molecular formula is C16H19N3O5. The molecule has 0 saturated carbocycles. The Hall–Kier alpha value is -2.77. The van der Waals surface area contributed by atoms with Crippen molar-refractivity contribution in [2.24, 2.45) is 0 Å². The second-order valence-electron chi connectivity index (χ2n) is 5.69. The van der Waals surface area contributed by atoms with Crippen LogP contribution in [0.1, 0.15) is 16.8 Å². The molecule has 2 aliphatic heterocycles. The Kier molecular flexibility index (Phi) is 4.28. The molecule has 8 nitrogen and oxygen atoms in total. The lowest BCUT2D eigenvalue weighted by Crippen LogP contribution is -2.42. The highest BCUT2D eigenvalue weighted by atomic mass is 16.5. The van der Waals surface area contributed by atoms with Gasteiger partial charge < -0.3 is 19.7 Å². The number of imide groups is 1. The minimum Gasteiger partial charge on any atom is -0.493 e. The van der Waals surface area contributed by atoms with Crippen molar-refractivity contribution in [3.8, 4) is 11.5 Å². The number of carbonyl (C=O) groups is 3. The van der Waals surface area contributed by atoms with E-state index >= 15 is 0 Å². The maximum Gasteiger partial charge on any atom is 0.324 e. The van der Waals surface area contributed by atoms with Crippen LogP contribution in [0.3, 0.4) is 0 Å². The van der Waals surface area contributed by atoms with E-state index < -0.39 is 0 Å². The Morgan fingerprint density at radius 1 is 1.21 bits per heavy atom. The zero-order valence-corrected chi connectivity index (χ0v) is 13.6. The van der Waals surface area contributed by atoms with Crippen LogP contribution in [-0.4, -0.2) is 67.5 Å². The minimum absolute atomic E-state index is 0.0267. The van der Waals surface area contributed by atoms with Gasteiger partial charge in [-0.05, 0) is 24.6 Å². The van der Waals surface area contributed by atoms with Gasteiger partial charge in [-0.3, -0.25) is 14.5 Å². The molecule has 0 aromatic heterocycles. The van der Waals surface area contributed by atoms with Gasteiger partial charge in [0, 0.05) is 18.7 Å². The van der Waals surface area contributed by atoms with Crippen LogP contribution in [0.15, 0.2) is 18.2 Å². The molecular weight excluding hydrogens is 314 g/mol. The Labute approximate surface area is 139 Å². The molecule has 2 fully saturated rings. The van der Waals surface area contributed by atoms with Crippen LogP contribution >= 0.6 is 0 Å².